The number of carbonyl (C=O) groups is 1. The van der Waals surface area contributed by atoms with Crippen molar-refractivity contribution in [1.82, 2.24) is 0 Å². The molecule has 0 aliphatic rings. The molecule has 4 aromatic carbocycles. The molecule has 0 saturated heterocycles. The van der Waals surface area contributed by atoms with E-state index in [4.69, 9.17) is 21.6 Å². The number of nitrogens with zero attached hydrogens (tertiary/aromatic N) is 4. The Morgan fingerprint density at radius 1 is 1.02 bits per heavy atom. The summed E-state index contributed by atoms with van der Waals surface area (Å²) in [6.07, 6.45) is 7.42. The standard InChI is InChI=1S/C27H21N5O8S.2Na/c1-3-37-22-14-21(23(38-4-2)13-20(22)30-29-18-7-5-6-16(10-18)27(34)35)31-32-25-24(41-40-39-36)11-15-8-9-17(28)12-19(15)26(25)33;;/h2,5-14,33,36H,3,28H2,1H3,(H,34,35);;/q;2*+1/p-2. The summed E-state index contributed by atoms with van der Waals surface area (Å²) in [4.78, 5) is 11.4. The average molecular weight is 620 g/mol. The number of terminal acetylenes is 1. The number of anilines is 1. The van der Waals surface area contributed by atoms with Crippen LogP contribution in [0.2, 0.25) is 0 Å². The molecule has 16 heteroatoms. The first-order valence-corrected chi connectivity index (χ1v) is 12.3. The molecule has 0 bridgehead atoms. The molecule has 0 atom stereocenters. The summed E-state index contributed by atoms with van der Waals surface area (Å²) < 4.78 is 15.4. The van der Waals surface area contributed by atoms with Gasteiger partial charge in [0.25, 0.3) is 0 Å². The zero-order valence-electron chi connectivity index (χ0n) is 23.1. The maximum atomic E-state index is 11.2. The van der Waals surface area contributed by atoms with Crippen LogP contribution in [0.3, 0.4) is 0 Å². The van der Waals surface area contributed by atoms with Crippen LogP contribution in [0.5, 0.6) is 17.2 Å². The van der Waals surface area contributed by atoms with Crippen molar-refractivity contribution in [2.24, 2.45) is 20.5 Å². The predicted molar refractivity (Wildman–Crippen MR) is 144 cm³/mol. The Bertz CT molecular complexity index is 1720. The molecule has 0 unspecified atom stereocenters. The van der Waals surface area contributed by atoms with Crippen molar-refractivity contribution in [3.63, 3.8) is 0 Å². The third kappa shape index (κ3) is 9.15. The fourth-order valence-corrected chi connectivity index (χ4v) is 4.08. The van der Waals surface area contributed by atoms with Gasteiger partial charge in [0.05, 0.1) is 35.2 Å². The number of phenols is 1. The quantitative estimate of drug-likeness (QED) is 0.0397. The van der Waals surface area contributed by atoms with Gasteiger partial charge in [0, 0.05) is 23.2 Å². The molecule has 3 N–H and O–H groups in total. The van der Waals surface area contributed by atoms with Gasteiger partial charge >= 0.3 is 59.1 Å². The second kappa shape index (κ2) is 17.2. The minimum Gasteiger partial charge on any atom is -0.691 e. The topological polar surface area (TPSA) is 196 Å². The summed E-state index contributed by atoms with van der Waals surface area (Å²) >= 11 is 0.515. The number of azo groups is 2. The first kappa shape index (κ1) is 36.0. The molecule has 0 amide bonds. The summed E-state index contributed by atoms with van der Waals surface area (Å²) in [6.45, 7) is 1.99. The molecule has 4 rings (SSSR count). The number of benzene rings is 4. The summed E-state index contributed by atoms with van der Waals surface area (Å²) in [5.74, 6) is -1.39. The second-order valence-electron chi connectivity index (χ2n) is 7.95. The molecule has 0 aliphatic heterocycles. The predicted octanol–water partition coefficient (Wildman–Crippen LogP) is -1.07. The Morgan fingerprint density at radius 3 is 2.44 bits per heavy atom. The van der Waals surface area contributed by atoms with E-state index < -0.39 is 5.97 Å². The number of carboxylic acid groups (broad SMARTS) is 1. The third-order valence-electron chi connectivity index (χ3n) is 5.35. The van der Waals surface area contributed by atoms with Gasteiger partial charge in [-0.15, -0.1) is 15.3 Å². The maximum Gasteiger partial charge on any atom is 1.00 e. The molecule has 0 spiro atoms. The molecular weight excluding hydrogens is 600 g/mol. The average Bonchev–Trinajstić information content (AvgIpc) is 2.96. The summed E-state index contributed by atoms with van der Waals surface area (Å²) in [5, 5.41) is 53.5. The number of phenolic OH excluding ortho intramolecular Hbond substituents is 1. The van der Waals surface area contributed by atoms with E-state index in [0.29, 0.717) is 28.5 Å². The molecule has 0 heterocycles. The largest absolute Gasteiger partial charge is 1.00 e. The summed E-state index contributed by atoms with van der Waals surface area (Å²) in [5.41, 5.74) is 6.67. The number of aromatic carboxylic acids is 1. The molecule has 4 aromatic rings. The first-order chi connectivity index (χ1) is 19.8. The van der Waals surface area contributed by atoms with E-state index >= 15 is 0 Å². The van der Waals surface area contributed by atoms with Crippen molar-refractivity contribution in [3.8, 4) is 29.8 Å². The van der Waals surface area contributed by atoms with E-state index in [0.717, 1.165) is 0 Å². The van der Waals surface area contributed by atoms with Crippen LogP contribution in [-0.4, -0.2) is 17.7 Å². The van der Waals surface area contributed by atoms with Gasteiger partial charge in [-0.05, 0) is 48.2 Å². The maximum absolute atomic E-state index is 11.2. The van der Waals surface area contributed by atoms with Crippen molar-refractivity contribution in [1.29, 1.82) is 0 Å². The minimum absolute atomic E-state index is 0. The minimum atomic E-state index is -1.36. The van der Waals surface area contributed by atoms with Crippen molar-refractivity contribution in [2.75, 3.05) is 12.3 Å². The van der Waals surface area contributed by atoms with Crippen LogP contribution in [0.4, 0.5) is 28.4 Å². The number of carbonyl (C=O) groups excluding carboxylic acids is 1. The Hall–Kier alpha value is -3.20. The molecule has 0 radical (unpaired) electrons. The molecule has 0 aromatic heterocycles. The van der Waals surface area contributed by atoms with Gasteiger partial charge < -0.3 is 35.5 Å². The summed E-state index contributed by atoms with van der Waals surface area (Å²) in [6, 6.07) is 15.0. The number of nitrogen functional groups attached to an aromatic ring is 1. The van der Waals surface area contributed by atoms with Gasteiger partial charge in [-0.2, -0.15) is 9.45 Å². The second-order valence-corrected chi connectivity index (χ2v) is 8.69. The first-order valence-electron chi connectivity index (χ1n) is 11.6. The zero-order valence-corrected chi connectivity index (χ0v) is 28.0. The van der Waals surface area contributed by atoms with Crippen LogP contribution in [0.15, 0.2) is 86.0 Å². The number of nitrogens with two attached hydrogens (primary N) is 1. The number of rotatable bonds is 11. The number of fused-ring (bicyclic) bond motifs is 1. The van der Waals surface area contributed by atoms with E-state index in [2.05, 4.69) is 35.9 Å². The Balaban J connectivity index is 0.00000323. The van der Waals surface area contributed by atoms with Gasteiger partial charge in [0.2, 0.25) is 0 Å². The van der Waals surface area contributed by atoms with Crippen LogP contribution in [0, 0.1) is 12.5 Å². The van der Waals surface area contributed by atoms with Crippen molar-refractivity contribution in [3.05, 3.63) is 66.2 Å². The van der Waals surface area contributed by atoms with Gasteiger partial charge in [0.15, 0.2) is 11.5 Å². The molecular formula is C27H19N5Na2O8S. The van der Waals surface area contributed by atoms with Crippen LogP contribution >= 0.6 is 12.0 Å². The molecule has 0 saturated carbocycles. The Labute approximate surface area is 293 Å². The molecule has 0 aliphatic carbocycles. The monoisotopic (exact) mass is 619 g/mol. The van der Waals surface area contributed by atoms with Gasteiger partial charge in [-0.25, -0.2) is 0 Å². The van der Waals surface area contributed by atoms with Gasteiger partial charge in [-0.1, -0.05) is 24.6 Å². The van der Waals surface area contributed by atoms with E-state index in [1.165, 1.54) is 30.3 Å². The molecule has 0 fully saturated rings. The van der Waals surface area contributed by atoms with Crippen molar-refractivity contribution >= 4 is 57.2 Å². The van der Waals surface area contributed by atoms with Crippen LogP contribution < -0.4 is 84.7 Å². The smallest absolute Gasteiger partial charge is 0.691 e. The zero-order chi connectivity index (χ0) is 29.4. The molecule has 43 heavy (non-hydrogen) atoms. The fourth-order valence-electron chi connectivity index (χ4n) is 3.59. The normalized spacial score (nSPS) is 10.7. The van der Waals surface area contributed by atoms with E-state index in [-0.39, 0.29) is 116 Å². The number of ether oxygens (including phenoxy) is 2. The van der Waals surface area contributed by atoms with Gasteiger partial charge in [-0.3, -0.25) is 5.04 Å². The molecule has 208 valence electrons. The fraction of sp³-hybridized carbons (Fsp3) is 0.0741. The number of hydrogen-bond acceptors (Lipinski definition) is 14. The number of aromatic hydroxyl groups is 1. The SMILES string of the molecule is C#COc1cc(N=Nc2cccc(C(=O)[O-])c2)c(OCC)cc1N=Nc1c(SOO[O-])cc2ccc(N)cc2c1O.[Na+].[Na+]. The van der Waals surface area contributed by atoms with Crippen molar-refractivity contribution < 1.29 is 98.2 Å². The molecule has 13 nitrogen and oxygen atoms in total. The third-order valence-corrected chi connectivity index (χ3v) is 5.96. The van der Waals surface area contributed by atoms with E-state index in [1.54, 1.807) is 37.3 Å². The van der Waals surface area contributed by atoms with E-state index in [9.17, 15) is 20.3 Å². The van der Waals surface area contributed by atoms with Crippen LogP contribution in [0.1, 0.15) is 17.3 Å². The number of hydrogen-bond donors (Lipinski definition) is 2. The van der Waals surface area contributed by atoms with Crippen LogP contribution in [0.25, 0.3) is 10.8 Å². The summed E-state index contributed by atoms with van der Waals surface area (Å²) in [7, 11) is 0. The van der Waals surface area contributed by atoms with Crippen molar-refractivity contribution in [2.45, 2.75) is 11.8 Å². The Kier molecular flexibility index (Phi) is 14.4. The van der Waals surface area contributed by atoms with E-state index in [1.807, 2.05) is 0 Å². The number of carboxylic acids is 1. The van der Waals surface area contributed by atoms with Gasteiger partial charge in [0.1, 0.15) is 28.9 Å². The Morgan fingerprint density at radius 2 is 1.74 bits per heavy atom. The van der Waals surface area contributed by atoms with Crippen LogP contribution in [-0.2, 0) is 9.37 Å².